The fraction of sp³-hybridized carbons (Fsp3) is 0.100. The number of rotatable bonds is 3. The summed E-state index contributed by atoms with van der Waals surface area (Å²) in [7, 11) is 0. The molecule has 2 rings (SSSR count). The van der Waals surface area contributed by atoms with Crippen LogP contribution in [0.3, 0.4) is 0 Å². The Labute approximate surface area is 95.9 Å². The highest BCUT2D eigenvalue weighted by atomic mass is 32.1. The Morgan fingerprint density at radius 1 is 1.38 bits per heavy atom. The first-order valence-corrected chi connectivity index (χ1v) is 4.94. The van der Waals surface area contributed by atoms with Crippen molar-refractivity contribution in [1.29, 1.82) is 0 Å². The van der Waals surface area contributed by atoms with E-state index in [1.807, 2.05) is 0 Å². The lowest BCUT2D eigenvalue weighted by molar-refractivity contribution is -0.140. The molecule has 0 aliphatic carbocycles. The maximum absolute atomic E-state index is 11.1. The van der Waals surface area contributed by atoms with Gasteiger partial charge in [0, 0.05) is 0 Å². The average Bonchev–Trinajstić information content (AvgIpc) is 2.58. The fourth-order valence-corrected chi connectivity index (χ4v) is 1.68. The Hall–Kier alpha value is -1.82. The van der Waals surface area contributed by atoms with Crippen molar-refractivity contribution < 1.29 is 14.7 Å². The topological polar surface area (TPSA) is 83.0 Å². The lowest BCUT2D eigenvalue weighted by Gasteiger charge is -2.02. The van der Waals surface area contributed by atoms with Crippen molar-refractivity contribution in [2.45, 2.75) is 5.92 Å². The van der Waals surface area contributed by atoms with Gasteiger partial charge in [0.15, 0.2) is 5.92 Å². The van der Waals surface area contributed by atoms with Crippen LogP contribution in [0.4, 0.5) is 0 Å². The molecule has 16 heavy (non-hydrogen) atoms. The second-order valence-electron chi connectivity index (χ2n) is 3.25. The third-order valence-corrected chi connectivity index (χ3v) is 2.43. The van der Waals surface area contributed by atoms with Gasteiger partial charge in [0.2, 0.25) is 5.12 Å². The molecule has 1 heterocycles. The van der Waals surface area contributed by atoms with Crippen molar-refractivity contribution in [2.24, 2.45) is 0 Å². The van der Waals surface area contributed by atoms with Gasteiger partial charge < -0.3 is 10.1 Å². The zero-order chi connectivity index (χ0) is 11.7. The summed E-state index contributed by atoms with van der Waals surface area (Å²) < 4.78 is 0. The van der Waals surface area contributed by atoms with Gasteiger partial charge in [0.05, 0.1) is 11.0 Å². The van der Waals surface area contributed by atoms with Crippen LogP contribution in [0, 0.1) is 0 Å². The molecule has 0 aliphatic rings. The quantitative estimate of drug-likeness (QED) is 0.552. The van der Waals surface area contributed by atoms with E-state index in [9.17, 15) is 9.59 Å². The van der Waals surface area contributed by atoms with Gasteiger partial charge in [-0.15, -0.1) is 12.6 Å². The molecule has 1 aromatic heterocycles. The molecule has 82 valence electrons. The van der Waals surface area contributed by atoms with E-state index in [4.69, 9.17) is 5.11 Å². The van der Waals surface area contributed by atoms with E-state index in [-0.39, 0.29) is 5.82 Å². The number of imidazole rings is 1. The number of carboxylic acids is 1. The number of nitrogens with zero attached hydrogens (tertiary/aromatic N) is 1. The Balaban J connectivity index is 2.53. The van der Waals surface area contributed by atoms with E-state index in [1.54, 1.807) is 24.3 Å². The van der Waals surface area contributed by atoms with Gasteiger partial charge in [-0.3, -0.25) is 9.59 Å². The van der Waals surface area contributed by atoms with Gasteiger partial charge in [0.1, 0.15) is 5.82 Å². The molecule has 0 radical (unpaired) electrons. The van der Waals surface area contributed by atoms with E-state index < -0.39 is 17.0 Å². The van der Waals surface area contributed by atoms with Gasteiger partial charge in [-0.25, -0.2) is 4.98 Å². The molecule has 0 bridgehead atoms. The number of fused-ring (bicyclic) bond motifs is 1. The van der Waals surface area contributed by atoms with Crippen molar-refractivity contribution in [3.05, 3.63) is 30.1 Å². The number of thiol groups is 1. The maximum atomic E-state index is 11.1. The number of benzene rings is 1. The Morgan fingerprint density at radius 2 is 2.06 bits per heavy atom. The number of aliphatic carboxylic acids is 1. The number of carbonyl (C=O) groups is 2. The molecule has 0 saturated heterocycles. The summed E-state index contributed by atoms with van der Waals surface area (Å²) in [4.78, 5) is 28.8. The van der Waals surface area contributed by atoms with Crippen LogP contribution in [0.5, 0.6) is 0 Å². The van der Waals surface area contributed by atoms with Gasteiger partial charge in [-0.05, 0) is 12.1 Å². The Kier molecular flexibility index (Phi) is 2.66. The van der Waals surface area contributed by atoms with Crippen LogP contribution in [0.1, 0.15) is 11.7 Å². The molecule has 2 aromatic rings. The number of carbonyl (C=O) groups excluding carboxylic acids is 1. The second-order valence-corrected chi connectivity index (χ2v) is 3.69. The third-order valence-electron chi connectivity index (χ3n) is 2.18. The molecule has 1 atom stereocenters. The zero-order valence-electron chi connectivity index (χ0n) is 8.04. The highest BCUT2D eigenvalue weighted by molar-refractivity contribution is 7.96. The maximum Gasteiger partial charge on any atom is 0.322 e. The number of H-pyrrole nitrogens is 1. The van der Waals surface area contributed by atoms with Crippen molar-refractivity contribution in [2.75, 3.05) is 0 Å². The lowest BCUT2D eigenvalue weighted by Crippen LogP contribution is -2.19. The minimum atomic E-state index is -1.35. The number of hydrogen-bond donors (Lipinski definition) is 3. The normalized spacial score (nSPS) is 12.6. The number of carboxylic acid groups (broad SMARTS) is 1. The van der Waals surface area contributed by atoms with E-state index in [2.05, 4.69) is 22.6 Å². The number of hydrogen-bond acceptors (Lipinski definition) is 3. The molecule has 0 aliphatic heterocycles. The monoisotopic (exact) mass is 236 g/mol. The Morgan fingerprint density at radius 3 is 2.62 bits per heavy atom. The standard InChI is InChI=1S/C10H8N2O3S/c13-9(14)7(10(15)16)8-11-5-3-1-2-4-6(5)12-8/h1-4,7H,(H,11,12)(H,13,14)(H,15,16). The third kappa shape index (κ3) is 1.79. The number of aromatic nitrogens is 2. The number of nitrogens with one attached hydrogen (secondary N) is 1. The van der Waals surface area contributed by atoms with E-state index >= 15 is 0 Å². The van der Waals surface area contributed by atoms with Gasteiger partial charge in [0.25, 0.3) is 0 Å². The van der Waals surface area contributed by atoms with E-state index in [0.717, 1.165) is 0 Å². The molecular formula is C10H8N2O3S. The minimum absolute atomic E-state index is 0.105. The Bertz CT molecular complexity index is 517. The number of para-hydroxylation sites is 2. The highest BCUT2D eigenvalue weighted by Crippen LogP contribution is 2.19. The van der Waals surface area contributed by atoms with Crippen molar-refractivity contribution in [1.82, 2.24) is 9.97 Å². The summed E-state index contributed by atoms with van der Waals surface area (Å²) in [5.41, 5.74) is 1.32. The molecule has 1 unspecified atom stereocenters. The van der Waals surface area contributed by atoms with Crippen molar-refractivity contribution in [3.8, 4) is 0 Å². The molecule has 0 spiro atoms. The van der Waals surface area contributed by atoms with Crippen LogP contribution in [-0.2, 0) is 9.59 Å². The van der Waals surface area contributed by atoms with Gasteiger partial charge in [-0.2, -0.15) is 0 Å². The van der Waals surface area contributed by atoms with Crippen molar-refractivity contribution >= 4 is 34.7 Å². The lowest BCUT2D eigenvalue weighted by atomic mass is 10.1. The van der Waals surface area contributed by atoms with Crippen molar-refractivity contribution in [3.63, 3.8) is 0 Å². The predicted octanol–water partition coefficient (Wildman–Crippen LogP) is 1.19. The van der Waals surface area contributed by atoms with Crippen LogP contribution in [-0.4, -0.2) is 26.2 Å². The molecular weight excluding hydrogens is 228 g/mol. The zero-order valence-corrected chi connectivity index (χ0v) is 8.94. The van der Waals surface area contributed by atoms with Gasteiger partial charge >= 0.3 is 5.97 Å². The summed E-state index contributed by atoms with van der Waals surface area (Å²) in [6.07, 6.45) is 0. The van der Waals surface area contributed by atoms with Gasteiger partial charge in [-0.1, -0.05) is 12.1 Å². The first kappa shape index (κ1) is 10.7. The summed E-state index contributed by atoms with van der Waals surface area (Å²) in [6, 6.07) is 7.07. The van der Waals surface area contributed by atoms with E-state index in [1.165, 1.54) is 0 Å². The molecule has 0 saturated carbocycles. The molecule has 0 fully saturated rings. The summed E-state index contributed by atoms with van der Waals surface area (Å²) in [6.45, 7) is 0. The minimum Gasteiger partial charge on any atom is -0.480 e. The van der Waals surface area contributed by atoms with Crippen LogP contribution < -0.4 is 0 Å². The average molecular weight is 236 g/mol. The molecule has 2 N–H and O–H groups in total. The summed E-state index contributed by atoms with van der Waals surface area (Å²) in [5.74, 6) is -2.51. The summed E-state index contributed by atoms with van der Waals surface area (Å²) >= 11 is 3.55. The first-order valence-electron chi connectivity index (χ1n) is 4.50. The van der Waals surface area contributed by atoms with Crippen LogP contribution in [0.15, 0.2) is 24.3 Å². The molecule has 0 amide bonds. The molecule has 6 heteroatoms. The van der Waals surface area contributed by atoms with Crippen LogP contribution in [0.2, 0.25) is 0 Å². The largest absolute Gasteiger partial charge is 0.480 e. The highest BCUT2D eigenvalue weighted by Gasteiger charge is 2.28. The predicted molar refractivity (Wildman–Crippen MR) is 60.5 cm³/mol. The SMILES string of the molecule is O=C(O)C(C(=O)S)c1nc2ccccc2[nH]1. The number of aromatic amines is 1. The first-order chi connectivity index (χ1) is 7.59. The molecule has 5 nitrogen and oxygen atoms in total. The van der Waals surface area contributed by atoms with Crippen LogP contribution in [0.25, 0.3) is 11.0 Å². The second kappa shape index (κ2) is 3.97. The molecule has 1 aromatic carbocycles. The summed E-state index contributed by atoms with van der Waals surface area (Å²) in [5, 5.41) is 8.15. The smallest absolute Gasteiger partial charge is 0.322 e. The van der Waals surface area contributed by atoms with E-state index in [0.29, 0.717) is 11.0 Å². The van der Waals surface area contributed by atoms with Crippen LogP contribution >= 0.6 is 12.6 Å². The fourth-order valence-electron chi connectivity index (χ4n) is 1.45.